The van der Waals surface area contributed by atoms with Crippen molar-refractivity contribution in [2.24, 2.45) is 0 Å². The Balaban J connectivity index is 1.51. The summed E-state index contributed by atoms with van der Waals surface area (Å²) in [6.07, 6.45) is 5.68. The molecule has 1 aliphatic rings. The third-order valence-electron chi connectivity index (χ3n) is 5.12. The molecule has 1 aromatic carbocycles. The molecule has 0 aliphatic carbocycles. The first-order valence-electron chi connectivity index (χ1n) is 10.1. The number of carbonyl (C=O) groups is 1. The van der Waals surface area contributed by atoms with E-state index >= 15 is 0 Å². The predicted octanol–water partition coefficient (Wildman–Crippen LogP) is 1.79. The van der Waals surface area contributed by atoms with Crippen LogP contribution < -0.4 is 5.32 Å². The minimum absolute atomic E-state index is 0.0995. The average molecular weight is 482 g/mol. The normalized spacial score (nSPS) is 15.6. The van der Waals surface area contributed by atoms with Crippen molar-refractivity contribution in [3.05, 3.63) is 59.6 Å². The van der Waals surface area contributed by atoms with Crippen LogP contribution in [0.15, 0.2) is 51.8 Å². The summed E-state index contributed by atoms with van der Waals surface area (Å²) in [7, 11) is -5.31. The molecule has 32 heavy (non-hydrogen) atoms. The lowest BCUT2D eigenvalue weighted by Crippen LogP contribution is -2.27. The highest BCUT2D eigenvalue weighted by atomic mass is 32.2. The molecule has 0 spiro atoms. The van der Waals surface area contributed by atoms with Crippen LogP contribution in [0, 0.1) is 0 Å². The fourth-order valence-electron chi connectivity index (χ4n) is 3.17. The first-order chi connectivity index (χ1) is 15.1. The van der Waals surface area contributed by atoms with Gasteiger partial charge in [-0.25, -0.2) is 16.8 Å². The molecule has 1 saturated heterocycles. The van der Waals surface area contributed by atoms with E-state index in [4.69, 9.17) is 4.42 Å². The molecular weight excluding hydrogens is 454 g/mol. The SMILES string of the molecule is CN(Cc1ccc(/C=C/C(=O)NCc2ccc(S(=O)(=O)N3CCCC3)cc2)o1)S(C)(=O)=O. The van der Waals surface area contributed by atoms with Crippen LogP contribution in [0.4, 0.5) is 0 Å². The quantitative estimate of drug-likeness (QED) is 0.546. The Morgan fingerprint density at radius 1 is 1.09 bits per heavy atom. The van der Waals surface area contributed by atoms with Crippen molar-refractivity contribution >= 4 is 32.0 Å². The maximum absolute atomic E-state index is 12.5. The average Bonchev–Trinajstić information content (AvgIpc) is 3.43. The molecule has 2 aromatic rings. The van der Waals surface area contributed by atoms with Crippen LogP contribution in [0.3, 0.4) is 0 Å². The maximum Gasteiger partial charge on any atom is 0.244 e. The molecule has 0 saturated carbocycles. The molecule has 1 aromatic heterocycles. The Kier molecular flexibility index (Phi) is 7.55. The van der Waals surface area contributed by atoms with Gasteiger partial charge in [0.05, 0.1) is 17.7 Å². The molecule has 9 nitrogen and oxygen atoms in total. The number of furan rings is 1. The number of sulfonamides is 2. The molecule has 0 bridgehead atoms. The van der Waals surface area contributed by atoms with Crippen LogP contribution in [-0.4, -0.2) is 57.7 Å². The summed E-state index contributed by atoms with van der Waals surface area (Å²) in [5, 5.41) is 2.73. The van der Waals surface area contributed by atoms with Gasteiger partial charge in [-0.05, 0) is 48.7 Å². The highest BCUT2D eigenvalue weighted by Gasteiger charge is 2.26. The highest BCUT2D eigenvalue weighted by molar-refractivity contribution is 7.89. The lowest BCUT2D eigenvalue weighted by Gasteiger charge is -2.15. The van der Waals surface area contributed by atoms with Crippen molar-refractivity contribution in [1.29, 1.82) is 0 Å². The van der Waals surface area contributed by atoms with E-state index in [0.717, 1.165) is 29.0 Å². The number of amides is 1. The van der Waals surface area contributed by atoms with E-state index in [-0.39, 0.29) is 23.9 Å². The highest BCUT2D eigenvalue weighted by Crippen LogP contribution is 2.21. The third kappa shape index (κ3) is 6.28. The zero-order valence-electron chi connectivity index (χ0n) is 18.0. The molecule has 0 radical (unpaired) electrons. The second kappa shape index (κ2) is 9.99. The van der Waals surface area contributed by atoms with E-state index in [9.17, 15) is 21.6 Å². The van der Waals surface area contributed by atoms with Crippen LogP contribution >= 0.6 is 0 Å². The monoisotopic (exact) mass is 481 g/mol. The van der Waals surface area contributed by atoms with Crippen LogP contribution in [0.2, 0.25) is 0 Å². The largest absolute Gasteiger partial charge is 0.460 e. The van der Waals surface area contributed by atoms with Gasteiger partial charge in [0.25, 0.3) is 0 Å². The second-order valence-corrected chi connectivity index (χ2v) is 11.7. The van der Waals surface area contributed by atoms with Crippen LogP contribution in [0.1, 0.15) is 29.9 Å². The van der Waals surface area contributed by atoms with Crippen molar-refractivity contribution in [3.63, 3.8) is 0 Å². The van der Waals surface area contributed by atoms with Crippen molar-refractivity contribution in [1.82, 2.24) is 13.9 Å². The van der Waals surface area contributed by atoms with E-state index in [1.807, 2.05) is 0 Å². The van der Waals surface area contributed by atoms with Gasteiger partial charge in [0, 0.05) is 32.8 Å². The number of benzene rings is 1. The minimum Gasteiger partial charge on any atom is -0.460 e. The van der Waals surface area contributed by atoms with E-state index in [0.29, 0.717) is 24.6 Å². The Morgan fingerprint density at radius 3 is 2.38 bits per heavy atom. The summed E-state index contributed by atoms with van der Waals surface area (Å²) in [4.78, 5) is 12.3. The Morgan fingerprint density at radius 2 is 1.75 bits per heavy atom. The number of carbonyl (C=O) groups excluding carboxylic acids is 1. The molecule has 0 atom stereocenters. The van der Waals surface area contributed by atoms with Gasteiger partial charge in [-0.15, -0.1) is 0 Å². The fraction of sp³-hybridized carbons (Fsp3) is 0.381. The first kappa shape index (κ1) is 24.2. The predicted molar refractivity (Wildman–Crippen MR) is 120 cm³/mol. The minimum atomic E-state index is -3.45. The Hall–Kier alpha value is -2.47. The van der Waals surface area contributed by atoms with Gasteiger partial charge in [0.15, 0.2) is 0 Å². The van der Waals surface area contributed by atoms with E-state index < -0.39 is 20.0 Å². The van der Waals surface area contributed by atoms with Gasteiger partial charge < -0.3 is 9.73 Å². The summed E-state index contributed by atoms with van der Waals surface area (Å²) in [6, 6.07) is 9.78. The molecular formula is C21H27N3O6S2. The maximum atomic E-state index is 12.5. The Labute approximate surface area is 188 Å². The van der Waals surface area contributed by atoms with E-state index in [1.54, 1.807) is 36.4 Å². The molecule has 1 N–H and O–H groups in total. The van der Waals surface area contributed by atoms with Gasteiger partial charge in [-0.1, -0.05) is 12.1 Å². The molecule has 0 unspecified atom stereocenters. The van der Waals surface area contributed by atoms with Gasteiger partial charge in [-0.2, -0.15) is 8.61 Å². The summed E-state index contributed by atoms with van der Waals surface area (Å²) in [5.74, 6) is 0.542. The van der Waals surface area contributed by atoms with Crippen molar-refractivity contribution < 1.29 is 26.0 Å². The topological polar surface area (TPSA) is 117 Å². The van der Waals surface area contributed by atoms with Gasteiger partial charge in [-0.3, -0.25) is 4.79 Å². The lowest BCUT2D eigenvalue weighted by atomic mass is 10.2. The van der Waals surface area contributed by atoms with Crippen molar-refractivity contribution in [2.75, 3.05) is 26.4 Å². The van der Waals surface area contributed by atoms with Gasteiger partial charge >= 0.3 is 0 Å². The smallest absolute Gasteiger partial charge is 0.244 e. The second-order valence-electron chi connectivity index (χ2n) is 7.63. The molecule has 174 valence electrons. The number of rotatable bonds is 9. The number of nitrogens with zero attached hydrogens (tertiary/aromatic N) is 2. The summed E-state index contributed by atoms with van der Waals surface area (Å²) < 4.78 is 56.2. The van der Waals surface area contributed by atoms with Crippen LogP contribution in [-0.2, 0) is 37.9 Å². The molecule has 1 aliphatic heterocycles. The Bertz CT molecular complexity index is 1180. The molecule has 3 rings (SSSR count). The van der Waals surface area contributed by atoms with Crippen LogP contribution in [0.5, 0.6) is 0 Å². The number of hydrogen-bond donors (Lipinski definition) is 1. The number of hydrogen-bond acceptors (Lipinski definition) is 6. The first-order valence-corrected chi connectivity index (χ1v) is 13.4. The fourth-order valence-corrected chi connectivity index (χ4v) is 5.05. The van der Waals surface area contributed by atoms with Gasteiger partial charge in [0.2, 0.25) is 26.0 Å². The lowest BCUT2D eigenvalue weighted by molar-refractivity contribution is -0.116. The van der Waals surface area contributed by atoms with E-state index in [2.05, 4.69) is 5.32 Å². The zero-order chi connectivity index (χ0) is 23.4. The molecule has 1 fully saturated rings. The molecule has 1 amide bonds. The summed E-state index contributed by atoms with van der Waals surface area (Å²) in [6.45, 7) is 1.45. The van der Waals surface area contributed by atoms with E-state index in [1.165, 1.54) is 23.5 Å². The van der Waals surface area contributed by atoms with Crippen molar-refractivity contribution in [2.45, 2.75) is 30.8 Å². The molecule has 11 heteroatoms. The standard InChI is InChI=1S/C21H27N3O6S2/c1-23(31(2,26)27)16-19-8-7-18(30-19)9-12-21(25)22-15-17-5-10-20(11-6-17)32(28,29)24-13-3-4-14-24/h5-12H,3-4,13-16H2,1-2H3,(H,22,25)/b12-9+. The number of nitrogens with one attached hydrogen (secondary N) is 1. The third-order valence-corrected chi connectivity index (χ3v) is 8.29. The zero-order valence-corrected chi connectivity index (χ0v) is 19.7. The molecule has 2 heterocycles. The van der Waals surface area contributed by atoms with Crippen LogP contribution in [0.25, 0.3) is 6.08 Å². The summed E-state index contributed by atoms with van der Waals surface area (Å²) >= 11 is 0. The van der Waals surface area contributed by atoms with Crippen molar-refractivity contribution in [3.8, 4) is 0 Å². The van der Waals surface area contributed by atoms with Gasteiger partial charge in [0.1, 0.15) is 11.5 Å². The summed E-state index contributed by atoms with van der Waals surface area (Å²) in [5.41, 5.74) is 0.774.